The summed E-state index contributed by atoms with van der Waals surface area (Å²) in [5, 5.41) is 5.46. The van der Waals surface area contributed by atoms with E-state index in [-0.39, 0.29) is 24.4 Å². The number of nitrogens with zero attached hydrogens (tertiary/aromatic N) is 1. The number of terminal acetylenes is 1. The molecular formula is C27H31N3O4. The molecule has 0 spiro atoms. The molecule has 1 fully saturated rings. The molecule has 1 aliphatic carbocycles. The Morgan fingerprint density at radius 2 is 1.71 bits per heavy atom. The zero-order chi connectivity index (χ0) is 24.7. The van der Waals surface area contributed by atoms with E-state index >= 15 is 0 Å². The summed E-state index contributed by atoms with van der Waals surface area (Å²) < 4.78 is 5.23. The molecular weight excluding hydrogens is 430 g/mol. The van der Waals surface area contributed by atoms with Crippen molar-refractivity contribution in [1.29, 1.82) is 0 Å². The van der Waals surface area contributed by atoms with Crippen molar-refractivity contribution in [3.05, 3.63) is 71.3 Å². The Morgan fingerprint density at radius 1 is 1.06 bits per heavy atom. The number of carbonyl (C=O) groups is 3. The molecule has 34 heavy (non-hydrogen) atoms. The molecule has 7 nitrogen and oxygen atoms in total. The van der Waals surface area contributed by atoms with Gasteiger partial charge in [0.15, 0.2) is 0 Å². The first-order valence-electron chi connectivity index (χ1n) is 11.3. The minimum atomic E-state index is -0.920. The van der Waals surface area contributed by atoms with Gasteiger partial charge in [0, 0.05) is 18.2 Å². The van der Waals surface area contributed by atoms with Gasteiger partial charge in [-0.1, -0.05) is 54.5 Å². The lowest BCUT2D eigenvalue weighted by molar-refractivity contribution is -0.141. The first-order valence-corrected chi connectivity index (χ1v) is 11.3. The number of nitrogens with one attached hydrogen (secondary N) is 2. The average Bonchev–Trinajstić information content (AvgIpc) is 3.64. The highest BCUT2D eigenvalue weighted by Crippen LogP contribution is 2.36. The summed E-state index contributed by atoms with van der Waals surface area (Å²) in [5.41, 5.74) is 1.37. The maximum absolute atomic E-state index is 13.5. The topological polar surface area (TPSA) is 87.7 Å². The van der Waals surface area contributed by atoms with E-state index in [1.807, 2.05) is 30.3 Å². The fraction of sp³-hybridized carbons (Fsp3) is 0.370. The lowest BCUT2D eigenvalue weighted by atomic mass is 9.98. The van der Waals surface area contributed by atoms with Crippen LogP contribution in [0, 0.1) is 12.3 Å². The third-order valence-corrected chi connectivity index (χ3v) is 5.26. The maximum atomic E-state index is 13.5. The molecule has 0 radical (unpaired) electrons. The van der Waals surface area contributed by atoms with E-state index in [9.17, 15) is 14.4 Å². The van der Waals surface area contributed by atoms with Crippen molar-refractivity contribution in [2.24, 2.45) is 0 Å². The van der Waals surface area contributed by atoms with Crippen molar-refractivity contribution in [3.63, 3.8) is 0 Å². The van der Waals surface area contributed by atoms with Crippen LogP contribution in [0.2, 0.25) is 0 Å². The Kier molecular flexibility index (Phi) is 7.95. The Bertz CT molecular complexity index is 1070. The van der Waals surface area contributed by atoms with Crippen LogP contribution < -0.4 is 10.6 Å². The van der Waals surface area contributed by atoms with E-state index in [0.29, 0.717) is 17.7 Å². The molecule has 0 aromatic heterocycles. The molecule has 1 unspecified atom stereocenters. The maximum Gasteiger partial charge on any atom is 0.408 e. The Labute approximate surface area is 200 Å². The van der Waals surface area contributed by atoms with Gasteiger partial charge in [-0.3, -0.25) is 9.59 Å². The van der Waals surface area contributed by atoms with Gasteiger partial charge in [-0.15, -0.1) is 6.42 Å². The van der Waals surface area contributed by atoms with Crippen molar-refractivity contribution >= 4 is 17.9 Å². The van der Waals surface area contributed by atoms with Gasteiger partial charge in [-0.05, 0) is 50.8 Å². The minimum Gasteiger partial charge on any atom is -0.444 e. The smallest absolute Gasteiger partial charge is 0.408 e. The number of hydrogen-bond donors (Lipinski definition) is 2. The van der Waals surface area contributed by atoms with E-state index in [4.69, 9.17) is 11.2 Å². The standard InChI is InChI=1S/C27H31N3O4/c1-5-20-13-9-10-14-22(20)24(25(32)28-17-19-11-7-6-8-12-19)30(21-15-16-21)23(31)18-29-26(33)34-27(2,3)4/h1,6-14,21,24H,15-18H2,2-4H3,(H,28,32)(H,29,33). The van der Waals surface area contributed by atoms with Crippen LogP contribution in [0.5, 0.6) is 0 Å². The van der Waals surface area contributed by atoms with Gasteiger partial charge >= 0.3 is 6.09 Å². The molecule has 2 N–H and O–H groups in total. The third kappa shape index (κ3) is 6.85. The van der Waals surface area contributed by atoms with Crippen molar-refractivity contribution in [2.75, 3.05) is 6.54 Å². The molecule has 0 heterocycles. The quantitative estimate of drug-likeness (QED) is 0.589. The van der Waals surface area contributed by atoms with Crippen LogP contribution in [0.15, 0.2) is 54.6 Å². The largest absolute Gasteiger partial charge is 0.444 e. The number of hydrogen-bond acceptors (Lipinski definition) is 4. The van der Waals surface area contributed by atoms with Gasteiger partial charge in [0.25, 0.3) is 0 Å². The van der Waals surface area contributed by atoms with Crippen LogP contribution in [0.4, 0.5) is 4.79 Å². The Balaban J connectivity index is 1.85. The van der Waals surface area contributed by atoms with E-state index in [1.54, 1.807) is 49.9 Å². The molecule has 3 amide bonds. The van der Waals surface area contributed by atoms with Crippen LogP contribution in [0.1, 0.15) is 56.3 Å². The highest BCUT2D eigenvalue weighted by atomic mass is 16.6. The molecule has 178 valence electrons. The van der Waals surface area contributed by atoms with Crippen molar-refractivity contribution in [2.45, 2.75) is 57.8 Å². The van der Waals surface area contributed by atoms with Crippen LogP contribution in [-0.4, -0.2) is 41.0 Å². The van der Waals surface area contributed by atoms with Gasteiger partial charge in [-0.25, -0.2) is 4.79 Å². The normalized spacial score (nSPS) is 13.8. The van der Waals surface area contributed by atoms with Crippen LogP contribution in [-0.2, 0) is 20.9 Å². The second kappa shape index (κ2) is 10.9. The first kappa shape index (κ1) is 24.8. The fourth-order valence-electron chi connectivity index (χ4n) is 3.63. The highest BCUT2D eigenvalue weighted by molar-refractivity contribution is 5.91. The second-order valence-corrected chi connectivity index (χ2v) is 9.23. The minimum absolute atomic E-state index is 0.105. The van der Waals surface area contributed by atoms with Crippen molar-refractivity contribution < 1.29 is 19.1 Å². The van der Waals surface area contributed by atoms with Gasteiger partial charge in [-0.2, -0.15) is 0 Å². The van der Waals surface area contributed by atoms with E-state index in [2.05, 4.69) is 16.6 Å². The molecule has 0 saturated heterocycles. The average molecular weight is 462 g/mol. The van der Waals surface area contributed by atoms with Crippen molar-refractivity contribution in [1.82, 2.24) is 15.5 Å². The van der Waals surface area contributed by atoms with E-state index < -0.39 is 17.7 Å². The van der Waals surface area contributed by atoms with Gasteiger partial charge in [0.1, 0.15) is 18.2 Å². The summed E-state index contributed by atoms with van der Waals surface area (Å²) in [5.74, 6) is 1.92. The highest BCUT2D eigenvalue weighted by Gasteiger charge is 2.42. The lowest BCUT2D eigenvalue weighted by Crippen LogP contribution is -2.49. The van der Waals surface area contributed by atoms with Crippen LogP contribution in [0.25, 0.3) is 0 Å². The number of rotatable bonds is 8. The van der Waals surface area contributed by atoms with Gasteiger partial charge in [0.2, 0.25) is 11.8 Å². The third-order valence-electron chi connectivity index (χ3n) is 5.26. The predicted molar refractivity (Wildman–Crippen MR) is 130 cm³/mol. The number of amides is 3. The lowest BCUT2D eigenvalue weighted by Gasteiger charge is -2.32. The van der Waals surface area contributed by atoms with E-state index in [1.165, 1.54) is 0 Å². The zero-order valence-corrected chi connectivity index (χ0v) is 19.8. The first-order chi connectivity index (χ1) is 16.2. The molecule has 2 aromatic rings. The molecule has 0 aliphatic heterocycles. The second-order valence-electron chi connectivity index (χ2n) is 9.23. The number of carbonyl (C=O) groups excluding carboxylic acids is 3. The molecule has 1 saturated carbocycles. The molecule has 2 aromatic carbocycles. The summed E-state index contributed by atoms with van der Waals surface area (Å²) >= 11 is 0. The predicted octanol–water partition coefficient (Wildman–Crippen LogP) is 3.54. The summed E-state index contributed by atoms with van der Waals surface area (Å²) in [7, 11) is 0. The fourth-order valence-corrected chi connectivity index (χ4v) is 3.63. The number of ether oxygens (including phenoxy) is 1. The summed E-state index contributed by atoms with van der Waals surface area (Å²) in [6.45, 7) is 5.27. The van der Waals surface area contributed by atoms with Gasteiger partial charge in [0.05, 0.1) is 0 Å². The summed E-state index contributed by atoms with van der Waals surface area (Å²) in [6.07, 6.45) is 6.58. The Morgan fingerprint density at radius 3 is 2.32 bits per heavy atom. The Hall–Kier alpha value is -3.79. The monoisotopic (exact) mass is 461 g/mol. The number of alkyl carbamates (subject to hydrolysis) is 1. The number of benzene rings is 2. The zero-order valence-electron chi connectivity index (χ0n) is 19.8. The molecule has 0 bridgehead atoms. The van der Waals surface area contributed by atoms with Crippen LogP contribution >= 0.6 is 0 Å². The molecule has 3 rings (SSSR count). The summed E-state index contributed by atoms with van der Waals surface area (Å²) in [6, 6.07) is 15.6. The van der Waals surface area contributed by atoms with Crippen molar-refractivity contribution in [3.8, 4) is 12.3 Å². The molecule has 1 atom stereocenters. The SMILES string of the molecule is C#Cc1ccccc1C(C(=O)NCc1ccccc1)N(C(=O)CNC(=O)OC(C)(C)C)C1CC1. The van der Waals surface area contributed by atoms with Gasteiger partial charge < -0.3 is 20.3 Å². The summed E-state index contributed by atoms with van der Waals surface area (Å²) in [4.78, 5) is 40.5. The molecule has 7 heteroatoms. The van der Waals surface area contributed by atoms with Crippen LogP contribution in [0.3, 0.4) is 0 Å². The van der Waals surface area contributed by atoms with E-state index in [0.717, 1.165) is 18.4 Å². The molecule has 1 aliphatic rings.